The molecule has 8 heteroatoms. The van der Waals surface area contributed by atoms with Crippen LogP contribution in [-0.4, -0.2) is 43.8 Å². The molecule has 8 nitrogen and oxygen atoms in total. The van der Waals surface area contributed by atoms with Crippen molar-refractivity contribution in [3.63, 3.8) is 0 Å². The molecule has 3 aromatic rings. The Morgan fingerprint density at radius 2 is 1.69 bits per heavy atom. The zero-order valence-corrected chi connectivity index (χ0v) is 19.1. The number of amides is 2. The van der Waals surface area contributed by atoms with Gasteiger partial charge >= 0.3 is 5.97 Å². The molecule has 0 spiro atoms. The summed E-state index contributed by atoms with van der Waals surface area (Å²) in [4.78, 5) is 51.2. The molecule has 35 heavy (non-hydrogen) atoms. The van der Waals surface area contributed by atoms with E-state index in [0.29, 0.717) is 22.7 Å². The number of esters is 1. The van der Waals surface area contributed by atoms with Gasteiger partial charge < -0.3 is 19.7 Å². The van der Waals surface area contributed by atoms with Gasteiger partial charge in [-0.3, -0.25) is 14.4 Å². The van der Waals surface area contributed by atoms with Gasteiger partial charge in [-0.05, 0) is 36.4 Å². The Labute approximate surface area is 202 Å². The fraction of sp³-hybridized carbons (Fsp3) is 0.185. The monoisotopic (exact) mass is 472 g/mol. The van der Waals surface area contributed by atoms with E-state index in [1.165, 1.54) is 12.1 Å². The van der Waals surface area contributed by atoms with Crippen molar-refractivity contribution < 1.29 is 28.7 Å². The van der Waals surface area contributed by atoms with Crippen molar-refractivity contribution in [1.29, 1.82) is 0 Å². The van der Waals surface area contributed by atoms with Crippen molar-refractivity contribution in [1.82, 2.24) is 0 Å². The Hall–Kier alpha value is -4.46. The molecular formula is C27H24N2O6. The molecule has 1 atom stereocenters. The van der Waals surface area contributed by atoms with E-state index in [1.807, 2.05) is 0 Å². The largest absolute Gasteiger partial charge is 0.497 e. The van der Waals surface area contributed by atoms with E-state index in [1.54, 1.807) is 78.7 Å². The fourth-order valence-corrected chi connectivity index (χ4v) is 3.77. The van der Waals surface area contributed by atoms with Crippen LogP contribution in [0.2, 0.25) is 0 Å². The van der Waals surface area contributed by atoms with Crippen molar-refractivity contribution in [3.05, 3.63) is 90.0 Å². The average Bonchev–Trinajstić information content (AvgIpc) is 3.29. The molecule has 0 unspecified atom stereocenters. The molecule has 1 N–H and O–H groups in total. The number of nitrogens with zero attached hydrogens (tertiary/aromatic N) is 1. The molecule has 1 heterocycles. The topological polar surface area (TPSA) is 102 Å². The molecule has 4 rings (SSSR count). The van der Waals surface area contributed by atoms with Gasteiger partial charge in [0.25, 0.3) is 0 Å². The minimum absolute atomic E-state index is 0.100. The summed E-state index contributed by atoms with van der Waals surface area (Å²) in [5.74, 6) is -1.23. The van der Waals surface area contributed by atoms with E-state index in [4.69, 9.17) is 9.47 Å². The number of ether oxygens (including phenoxy) is 2. The van der Waals surface area contributed by atoms with Gasteiger partial charge in [0, 0.05) is 36.0 Å². The number of methoxy groups -OCH3 is 1. The van der Waals surface area contributed by atoms with Gasteiger partial charge in [0.05, 0.1) is 18.6 Å². The number of anilines is 2. The van der Waals surface area contributed by atoms with Crippen molar-refractivity contribution in [2.75, 3.05) is 30.5 Å². The molecule has 0 radical (unpaired) electrons. The van der Waals surface area contributed by atoms with Gasteiger partial charge in [0.1, 0.15) is 5.75 Å². The van der Waals surface area contributed by atoms with E-state index < -0.39 is 11.9 Å². The molecule has 0 aliphatic carbocycles. The fourth-order valence-electron chi connectivity index (χ4n) is 3.77. The number of rotatable bonds is 8. The van der Waals surface area contributed by atoms with Gasteiger partial charge in [0.2, 0.25) is 11.8 Å². The normalized spacial score (nSPS) is 14.9. The lowest BCUT2D eigenvalue weighted by Crippen LogP contribution is -2.28. The van der Waals surface area contributed by atoms with Crippen LogP contribution in [0.1, 0.15) is 27.1 Å². The second kappa shape index (κ2) is 10.6. The zero-order valence-electron chi connectivity index (χ0n) is 19.1. The summed E-state index contributed by atoms with van der Waals surface area (Å²) >= 11 is 0. The predicted molar refractivity (Wildman–Crippen MR) is 130 cm³/mol. The van der Waals surface area contributed by atoms with Crippen molar-refractivity contribution in [3.8, 4) is 5.75 Å². The minimum atomic E-state index is -0.637. The van der Waals surface area contributed by atoms with E-state index in [2.05, 4.69) is 5.32 Å². The second-order valence-electron chi connectivity index (χ2n) is 8.04. The maximum Gasteiger partial charge on any atom is 0.338 e. The van der Waals surface area contributed by atoms with E-state index in [9.17, 15) is 19.2 Å². The summed E-state index contributed by atoms with van der Waals surface area (Å²) in [6.45, 7) is -0.0987. The van der Waals surface area contributed by atoms with Crippen molar-refractivity contribution in [2.45, 2.75) is 6.42 Å². The summed E-state index contributed by atoms with van der Waals surface area (Å²) in [6, 6.07) is 21.9. The molecule has 178 valence electrons. The van der Waals surface area contributed by atoms with Crippen LogP contribution in [-0.2, 0) is 14.3 Å². The summed E-state index contributed by atoms with van der Waals surface area (Å²) in [7, 11) is 1.55. The highest BCUT2D eigenvalue weighted by molar-refractivity contribution is 6.04. The molecule has 1 aliphatic heterocycles. The number of ketones is 1. The van der Waals surface area contributed by atoms with Crippen LogP contribution >= 0.6 is 0 Å². The molecule has 1 saturated heterocycles. The standard InChI is InChI=1S/C27H24N2O6/c1-34-23-9-5-8-22(15-23)29-16-20(14-25(29)31)26(32)28-21-12-10-19(11-13-21)27(33)35-17-24(30)18-6-3-2-4-7-18/h2-13,15,20H,14,16-17H2,1H3,(H,28,32)/t20-/m0/s1. The van der Waals surface area contributed by atoms with Crippen LogP contribution in [0.5, 0.6) is 5.75 Å². The highest BCUT2D eigenvalue weighted by Gasteiger charge is 2.35. The van der Waals surface area contributed by atoms with Gasteiger partial charge in [0.15, 0.2) is 12.4 Å². The van der Waals surface area contributed by atoms with Crippen LogP contribution in [0.25, 0.3) is 0 Å². The number of hydrogen-bond acceptors (Lipinski definition) is 6. The molecule has 1 fully saturated rings. The van der Waals surface area contributed by atoms with Gasteiger partial charge in [-0.15, -0.1) is 0 Å². The second-order valence-corrected chi connectivity index (χ2v) is 8.04. The maximum atomic E-state index is 12.7. The first-order valence-electron chi connectivity index (χ1n) is 11.1. The Bertz CT molecular complexity index is 1240. The predicted octanol–water partition coefficient (Wildman–Crippen LogP) is 3.73. The number of hydrogen-bond donors (Lipinski definition) is 1. The zero-order chi connectivity index (χ0) is 24.8. The Balaban J connectivity index is 1.31. The summed E-state index contributed by atoms with van der Waals surface area (Å²) < 4.78 is 10.3. The highest BCUT2D eigenvalue weighted by atomic mass is 16.5. The van der Waals surface area contributed by atoms with Crippen molar-refractivity contribution in [2.24, 2.45) is 5.92 Å². The number of benzene rings is 3. The van der Waals surface area contributed by atoms with Gasteiger partial charge in [-0.2, -0.15) is 0 Å². The molecule has 0 bridgehead atoms. The van der Waals surface area contributed by atoms with Crippen LogP contribution in [0, 0.1) is 5.92 Å². The van der Waals surface area contributed by atoms with Crippen LogP contribution in [0.4, 0.5) is 11.4 Å². The third-order valence-electron chi connectivity index (χ3n) is 5.68. The van der Waals surface area contributed by atoms with Crippen LogP contribution in [0.15, 0.2) is 78.9 Å². The molecular weight excluding hydrogens is 448 g/mol. The van der Waals surface area contributed by atoms with Crippen molar-refractivity contribution >= 4 is 34.9 Å². The first-order valence-corrected chi connectivity index (χ1v) is 11.1. The SMILES string of the molecule is COc1cccc(N2C[C@@H](C(=O)Nc3ccc(C(=O)OCC(=O)c4ccccc4)cc3)CC2=O)c1. The molecule has 2 amide bonds. The van der Waals surface area contributed by atoms with E-state index >= 15 is 0 Å². The highest BCUT2D eigenvalue weighted by Crippen LogP contribution is 2.28. The average molecular weight is 472 g/mol. The molecule has 1 aliphatic rings. The summed E-state index contributed by atoms with van der Waals surface area (Å²) in [6.07, 6.45) is 0.100. The lowest BCUT2D eigenvalue weighted by atomic mass is 10.1. The number of carbonyl (C=O) groups excluding carboxylic acids is 4. The number of carbonyl (C=O) groups is 4. The molecule has 3 aromatic carbocycles. The lowest BCUT2D eigenvalue weighted by molar-refractivity contribution is -0.122. The number of Topliss-reactive ketones (excluding diaryl/α,β-unsaturated/α-hetero) is 1. The van der Waals surface area contributed by atoms with Crippen LogP contribution < -0.4 is 15.0 Å². The first-order chi connectivity index (χ1) is 16.9. The van der Waals surface area contributed by atoms with E-state index in [0.717, 1.165) is 0 Å². The molecule has 0 saturated carbocycles. The first kappa shape index (κ1) is 23.7. The lowest BCUT2D eigenvalue weighted by Gasteiger charge is -2.17. The van der Waals surface area contributed by atoms with E-state index in [-0.39, 0.29) is 42.7 Å². The van der Waals surface area contributed by atoms with Gasteiger partial charge in [-0.25, -0.2) is 4.79 Å². The number of nitrogens with one attached hydrogen (secondary N) is 1. The quantitative estimate of drug-likeness (QED) is 0.396. The molecule has 0 aromatic heterocycles. The summed E-state index contributed by atoms with van der Waals surface area (Å²) in [5.41, 5.74) is 1.88. The Morgan fingerprint density at radius 3 is 2.40 bits per heavy atom. The minimum Gasteiger partial charge on any atom is -0.497 e. The smallest absolute Gasteiger partial charge is 0.338 e. The maximum absolute atomic E-state index is 12.7. The summed E-state index contributed by atoms with van der Waals surface area (Å²) in [5, 5.41) is 2.79. The van der Waals surface area contributed by atoms with Crippen LogP contribution in [0.3, 0.4) is 0 Å². The third-order valence-corrected chi connectivity index (χ3v) is 5.68. The Morgan fingerprint density at radius 1 is 0.943 bits per heavy atom. The third kappa shape index (κ3) is 5.73. The van der Waals surface area contributed by atoms with Gasteiger partial charge in [-0.1, -0.05) is 36.4 Å². The Kier molecular flexibility index (Phi) is 7.21.